The van der Waals surface area contributed by atoms with Gasteiger partial charge in [-0.25, -0.2) is 0 Å². The first-order chi connectivity index (χ1) is 16.4. The van der Waals surface area contributed by atoms with E-state index in [0.717, 1.165) is 45.9 Å². The average molecular weight is 497 g/mol. The predicted octanol–water partition coefficient (Wildman–Crippen LogP) is 0.869. The van der Waals surface area contributed by atoms with Crippen LogP contribution >= 0.6 is 0 Å². The van der Waals surface area contributed by atoms with Gasteiger partial charge in [0.2, 0.25) is 12.4 Å². The fourth-order valence-corrected chi connectivity index (χ4v) is 3.26. The van der Waals surface area contributed by atoms with Crippen molar-refractivity contribution in [2.75, 3.05) is 6.61 Å². The zero-order valence-corrected chi connectivity index (χ0v) is 19.2. The Kier molecular flexibility index (Phi) is 9.22. The first kappa shape index (κ1) is 27.2. The number of carbonyl (C=O) groups excluding carboxylic acids is 5. The molecular formula is C21H23NO13. The summed E-state index contributed by atoms with van der Waals surface area (Å²) in [7, 11) is 0. The van der Waals surface area contributed by atoms with Gasteiger partial charge in [0.1, 0.15) is 18.5 Å². The molecule has 2 rings (SSSR count). The number of nitro groups is 1. The number of carbonyl (C=O) groups is 5. The molecule has 5 atom stereocenters. The van der Waals surface area contributed by atoms with Gasteiger partial charge < -0.3 is 28.4 Å². The van der Waals surface area contributed by atoms with E-state index in [1.165, 1.54) is 0 Å². The number of non-ortho nitro benzene ring substituents is 1. The largest absolute Gasteiger partial charge is 0.463 e. The predicted molar refractivity (Wildman–Crippen MR) is 111 cm³/mol. The Bertz CT molecular complexity index is 1010. The monoisotopic (exact) mass is 497 g/mol. The number of aldehydes is 1. The number of hydrogen-bond donors (Lipinski definition) is 0. The van der Waals surface area contributed by atoms with Gasteiger partial charge in [0.15, 0.2) is 18.5 Å². The summed E-state index contributed by atoms with van der Waals surface area (Å²) in [5, 5.41) is 11.0. The molecule has 1 aromatic rings. The lowest BCUT2D eigenvalue weighted by Crippen LogP contribution is -2.63. The van der Waals surface area contributed by atoms with Crippen LogP contribution in [0.5, 0.6) is 5.75 Å². The van der Waals surface area contributed by atoms with E-state index in [1.54, 1.807) is 0 Å². The standard InChI is InChI=1S/C21H23NO13/c1-10(24)30-9-17-18(31-11(2)25)19(32-12(3)26)20(33-13(4)27)21(35-17)34-16-6-5-15(22(28)29)7-14(16)8-23/h5-8,17-21H,9H2,1-4H3/t17-,18-,19+,20-,21-/m1/s1. The van der Waals surface area contributed by atoms with Gasteiger partial charge in [-0.05, 0) is 6.07 Å². The normalized spacial score (nSPS) is 23.4. The molecule has 35 heavy (non-hydrogen) atoms. The van der Waals surface area contributed by atoms with Crippen LogP contribution in [0.25, 0.3) is 0 Å². The maximum atomic E-state index is 11.8. The second-order valence-corrected chi connectivity index (χ2v) is 7.28. The smallest absolute Gasteiger partial charge is 0.303 e. The van der Waals surface area contributed by atoms with Crippen molar-refractivity contribution in [1.29, 1.82) is 0 Å². The van der Waals surface area contributed by atoms with Crippen LogP contribution in [0, 0.1) is 10.1 Å². The molecule has 1 aromatic carbocycles. The first-order valence-corrected chi connectivity index (χ1v) is 10.1. The summed E-state index contributed by atoms with van der Waals surface area (Å²) in [4.78, 5) is 68.6. The lowest BCUT2D eigenvalue weighted by molar-refractivity contribution is -0.384. The van der Waals surface area contributed by atoms with Gasteiger partial charge in [-0.3, -0.25) is 34.1 Å². The molecule has 1 heterocycles. The first-order valence-electron chi connectivity index (χ1n) is 10.1. The maximum Gasteiger partial charge on any atom is 0.303 e. The van der Waals surface area contributed by atoms with E-state index in [1.807, 2.05) is 0 Å². The summed E-state index contributed by atoms with van der Waals surface area (Å²) in [5.41, 5.74) is -0.618. The third-order valence-electron chi connectivity index (χ3n) is 4.52. The molecule has 1 saturated heterocycles. The van der Waals surface area contributed by atoms with Crippen LogP contribution in [0.15, 0.2) is 18.2 Å². The van der Waals surface area contributed by atoms with Gasteiger partial charge in [-0.15, -0.1) is 0 Å². The molecule has 0 aromatic heterocycles. The molecule has 0 radical (unpaired) electrons. The maximum absolute atomic E-state index is 11.8. The number of ether oxygens (including phenoxy) is 6. The van der Waals surface area contributed by atoms with Crippen molar-refractivity contribution in [2.45, 2.75) is 58.4 Å². The Labute approximate surface area is 198 Å². The molecule has 1 aliphatic rings. The molecule has 1 aliphatic heterocycles. The number of hydrogen-bond acceptors (Lipinski definition) is 13. The highest BCUT2D eigenvalue weighted by Gasteiger charge is 2.53. The molecule has 0 aliphatic carbocycles. The Hall–Kier alpha value is -4.07. The lowest BCUT2D eigenvalue weighted by atomic mass is 9.98. The molecule has 0 saturated carbocycles. The minimum atomic E-state index is -1.59. The highest BCUT2D eigenvalue weighted by atomic mass is 16.7. The Balaban J connectivity index is 2.53. The van der Waals surface area contributed by atoms with Crippen molar-refractivity contribution >= 4 is 35.9 Å². The Morgan fingerprint density at radius 1 is 0.943 bits per heavy atom. The summed E-state index contributed by atoms with van der Waals surface area (Å²) in [6, 6.07) is 3.14. The third-order valence-corrected chi connectivity index (χ3v) is 4.52. The van der Waals surface area contributed by atoms with Crippen molar-refractivity contribution in [3.05, 3.63) is 33.9 Å². The van der Waals surface area contributed by atoms with E-state index in [4.69, 9.17) is 28.4 Å². The molecule has 1 fully saturated rings. The van der Waals surface area contributed by atoms with Crippen molar-refractivity contribution in [1.82, 2.24) is 0 Å². The van der Waals surface area contributed by atoms with Gasteiger partial charge in [0.05, 0.1) is 10.5 Å². The molecule has 0 bridgehead atoms. The topological polar surface area (TPSA) is 184 Å². The van der Waals surface area contributed by atoms with E-state index < -0.39 is 66.1 Å². The zero-order valence-electron chi connectivity index (χ0n) is 19.2. The summed E-state index contributed by atoms with van der Waals surface area (Å²) in [6.07, 6.45) is -6.94. The van der Waals surface area contributed by atoms with Gasteiger partial charge in [-0.2, -0.15) is 0 Å². The SMILES string of the molecule is CC(=O)OC[C@H]1O[C@@H](Oc2ccc([N+](=O)[O-])cc2C=O)[C@H](OC(C)=O)[C@@H](OC(C)=O)[C@@H]1OC(C)=O. The quantitative estimate of drug-likeness (QED) is 0.154. The second-order valence-electron chi connectivity index (χ2n) is 7.28. The van der Waals surface area contributed by atoms with E-state index in [-0.39, 0.29) is 17.0 Å². The number of esters is 4. The van der Waals surface area contributed by atoms with Crippen molar-refractivity contribution < 1.29 is 57.3 Å². The molecule has 14 heteroatoms. The Morgan fingerprint density at radius 2 is 1.51 bits per heavy atom. The van der Waals surface area contributed by atoms with Crippen LogP contribution in [0.1, 0.15) is 38.1 Å². The van der Waals surface area contributed by atoms with Crippen molar-refractivity contribution in [2.24, 2.45) is 0 Å². The summed E-state index contributed by atoms with van der Waals surface area (Å²) in [5.74, 6) is -3.36. The zero-order chi connectivity index (χ0) is 26.3. The minimum absolute atomic E-state index is 0.188. The molecule has 190 valence electrons. The third kappa shape index (κ3) is 7.46. The minimum Gasteiger partial charge on any atom is -0.463 e. The fourth-order valence-electron chi connectivity index (χ4n) is 3.26. The number of nitro benzene ring substituents is 1. The summed E-state index contributed by atoms with van der Waals surface area (Å²) < 4.78 is 32.2. The number of benzene rings is 1. The molecular weight excluding hydrogens is 474 g/mol. The number of rotatable bonds is 9. The highest BCUT2D eigenvalue weighted by molar-refractivity contribution is 5.80. The van der Waals surface area contributed by atoms with Gasteiger partial charge in [0.25, 0.3) is 5.69 Å². The second kappa shape index (κ2) is 11.9. The van der Waals surface area contributed by atoms with Gasteiger partial charge >= 0.3 is 23.9 Å². The average Bonchev–Trinajstić information content (AvgIpc) is 2.75. The molecule has 0 N–H and O–H groups in total. The molecule has 0 unspecified atom stereocenters. The van der Waals surface area contributed by atoms with Crippen molar-refractivity contribution in [3.8, 4) is 5.75 Å². The molecule has 0 spiro atoms. The lowest BCUT2D eigenvalue weighted by Gasteiger charge is -2.44. The Morgan fingerprint density at radius 3 is 2.03 bits per heavy atom. The molecule has 0 amide bonds. The van der Waals surface area contributed by atoms with Crippen molar-refractivity contribution in [3.63, 3.8) is 0 Å². The van der Waals surface area contributed by atoms with E-state index in [2.05, 4.69) is 0 Å². The van der Waals surface area contributed by atoms with E-state index in [9.17, 15) is 34.1 Å². The molecule has 14 nitrogen and oxygen atoms in total. The van der Waals surface area contributed by atoms with Crippen LogP contribution in [-0.4, -0.2) is 72.4 Å². The number of nitrogens with zero attached hydrogens (tertiary/aromatic N) is 1. The van der Waals surface area contributed by atoms with Crippen LogP contribution in [0.3, 0.4) is 0 Å². The van der Waals surface area contributed by atoms with Crippen LogP contribution in [0.4, 0.5) is 5.69 Å². The van der Waals surface area contributed by atoms with Gasteiger partial charge in [-0.1, -0.05) is 0 Å². The van der Waals surface area contributed by atoms with Crippen LogP contribution in [-0.2, 0) is 42.9 Å². The van der Waals surface area contributed by atoms with E-state index in [0.29, 0.717) is 6.29 Å². The highest BCUT2D eigenvalue weighted by Crippen LogP contribution is 2.32. The fraction of sp³-hybridized carbons (Fsp3) is 0.476. The van der Waals surface area contributed by atoms with Crippen LogP contribution < -0.4 is 4.74 Å². The van der Waals surface area contributed by atoms with Gasteiger partial charge in [0, 0.05) is 39.8 Å². The van der Waals surface area contributed by atoms with Crippen LogP contribution in [0.2, 0.25) is 0 Å². The van der Waals surface area contributed by atoms with E-state index >= 15 is 0 Å². The summed E-state index contributed by atoms with van der Waals surface area (Å²) >= 11 is 0. The summed E-state index contributed by atoms with van der Waals surface area (Å²) in [6.45, 7) is 3.83.